The van der Waals surface area contributed by atoms with Crippen LogP contribution in [0.25, 0.3) is 6.08 Å². The van der Waals surface area contributed by atoms with E-state index in [9.17, 15) is 0 Å². The number of benzene rings is 1. The van der Waals surface area contributed by atoms with Gasteiger partial charge in [0.15, 0.2) is 0 Å². The quantitative estimate of drug-likeness (QED) is 0.705. The fourth-order valence-corrected chi connectivity index (χ4v) is 1.48. The maximum Gasteiger partial charge on any atom is 0.0373 e. The fraction of sp³-hybridized carbons (Fsp3) is 0.385. The van der Waals surface area contributed by atoms with Crippen LogP contribution in [0.5, 0.6) is 0 Å². The van der Waals surface area contributed by atoms with Gasteiger partial charge in [0.1, 0.15) is 0 Å². The van der Waals surface area contributed by atoms with Gasteiger partial charge in [0, 0.05) is 5.69 Å². The van der Waals surface area contributed by atoms with Crippen molar-refractivity contribution in [2.45, 2.75) is 34.1 Å². The largest absolute Gasteiger partial charge is 0.398 e. The molecule has 1 rings (SSSR count). The van der Waals surface area contributed by atoms with Crippen LogP contribution in [-0.4, -0.2) is 0 Å². The van der Waals surface area contributed by atoms with E-state index in [1.807, 2.05) is 0 Å². The number of hydrogen-bond acceptors (Lipinski definition) is 1. The third-order valence-electron chi connectivity index (χ3n) is 2.59. The minimum atomic E-state index is 0.913. The van der Waals surface area contributed by atoms with Gasteiger partial charge in [-0.1, -0.05) is 18.6 Å². The van der Waals surface area contributed by atoms with Crippen LogP contribution in [0.2, 0.25) is 0 Å². The van der Waals surface area contributed by atoms with Crippen LogP contribution in [0, 0.1) is 13.8 Å². The molecule has 0 radical (unpaired) electrons. The molecule has 0 aromatic heterocycles. The Kier molecular flexibility index (Phi) is 3.34. The van der Waals surface area contributed by atoms with E-state index in [0.717, 1.165) is 12.1 Å². The van der Waals surface area contributed by atoms with Gasteiger partial charge in [0.2, 0.25) is 0 Å². The lowest BCUT2D eigenvalue weighted by atomic mass is 10.0. The molecule has 0 amide bonds. The van der Waals surface area contributed by atoms with Gasteiger partial charge in [-0.05, 0) is 56.0 Å². The molecule has 0 fully saturated rings. The molecule has 0 saturated carbocycles. The first kappa shape index (κ1) is 10.8. The molecule has 1 aromatic carbocycles. The summed E-state index contributed by atoms with van der Waals surface area (Å²) < 4.78 is 0. The lowest BCUT2D eigenvalue weighted by molar-refractivity contribution is 1.11. The van der Waals surface area contributed by atoms with Crippen molar-refractivity contribution in [1.82, 2.24) is 0 Å². The second kappa shape index (κ2) is 4.32. The smallest absolute Gasteiger partial charge is 0.0373 e. The molecule has 0 aliphatic heterocycles. The SMILES string of the molecule is CCC(C)=Cc1cc(C)c(N)c(C)c1. The molecular formula is C13H19N. The lowest BCUT2D eigenvalue weighted by Gasteiger charge is -2.06. The minimum Gasteiger partial charge on any atom is -0.398 e. The Morgan fingerprint density at radius 1 is 1.29 bits per heavy atom. The molecule has 0 aliphatic rings. The Hall–Kier alpha value is -1.24. The molecule has 0 heterocycles. The molecule has 2 N–H and O–H groups in total. The zero-order chi connectivity index (χ0) is 10.7. The maximum atomic E-state index is 5.89. The Balaban J connectivity index is 3.13. The normalized spacial score (nSPS) is 11.9. The summed E-state index contributed by atoms with van der Waals surface area (Å²) in [5.41, 5.74) is 11.8. The average molecular weight is 189 g/mol. The highest BCUT2D eigenvalue weighted by atomic mass is 14.6. The molecule has 1 heteroatoms. The van der Waals surface area contributed by atoms with E-state index in [1.165, 1.54) is 22.3 Å². The Morgan fingerprint density at radius 3 is 2.21 bits per heavy atom. The van der Waals surface area contributed by atoms with Crippen molar-refractivity contribution < 1.29 is 0 Å². The van der Waals surface area contributed by atoms with E-state index in [4.69, 9.17) is 5.73 Å². The molecule has 0 aliphatic carbocycles. The number of rotatable bonds is 2. The topological polar surface area (TPSA) is 26.0 Å². The summed E-state index contributed by atoms with van der Waals surface area (Å²) in [5, 5.41) is 0. The molecule has 14 heavy (non-hydrogen) atoms. The first-order valence-corrected chi connectivity index (χ1v) is 5.08. The van der Waals surface area contributed by atoms with Crippen molar-refractivity contribution >= 4 is 11.8 Å². The van der Waals surface area contributed by atoms with Gasteiger partial charge in [-0.15, -0.1) is 0 Å². The van der Waals surface area contributed by atoms with Crippen LogP contribution in [0.4, 0.5) is 5.69 Å². The van der Waals surface area contributed by atoms with E-state index in [2.05, 4.69) is 45.9 Å². The zero-order valence-electron chi connectivity index (χ0n) is 9.52. The third-order valence-corrected chi connectivity index (χ3v) is 2.59. The number of aryl methyl sites for hydroxylation is 2. The summed E-state index contributed by atoms with van der Waals surface area (Å²) >= 11 is 0. The Labute approximate surface area is 86.6 Å². The van der Waals surface area contributed by atoms with Crippen molar-refractivity contribution in [3.8, 4) is 0 Å². The second-order valence-electron chi connectivity index (χ2n) is 3.91. The molecular weight excluding hydrogens is 170 g/mol. The standard InChI is InChI=1S/C13H19N/c1-5-9(2)6-12-7-10(3)13(14)11(4)8-12/h6-8H,5,14H2,1-4H3. The van der Waals surface area contributed by atoms with Crippen molar-refractivity contribution in [2.24, 2.45) is 0 Å². The molecule has 0 spiro atoms. The van der Waals surface area contributed by atoms with Gasteiger partial charge in [-0.25, -0.2) is 0 Å². The van der Waals surface area contributed by atoms with Crippen molar-refractivity contribution in [2.75, 3.05) is 5.73 Å². The summed E-state index contributed by atoms with van der Waals surface area (Å²) in [6.07, 6.45) is 3.32. The highest BCUT2D eigenvalue weighted by molar-refractivity contribution is 5.62. The Morgan fingerprint density at radius 2 is 1.79 bits per heavy atom. The van der Waals surface area contributed by atoms with Crippen LogP contribution >= 0.6 is 0 Å². The van der Waals surface area contributed by atoms with Crippen LogP contribution in [0.3, 0.4) is 0 Å². The monoisotopic (exact) mass is 189 g/mol. The van der Waals surface area contributed by atoms with Gasteiger partial charge in [-0.2, -0.15) is 0 Å². The summed E-state index contributed by atoms with van der Waals surface area (Å²) in [5.74, 6) is 0. The predicted molar refractivity (Wildman–Crippen MR) is 64.3 cm³/mol. The number of allylic oxidation sites excluding steroid dienone is 1. The molecule has 0 unspecified atom stereocenters. The van der Waals surface area contributed by atoms with Gasteiger partial charge in [-0.3, -0.25) is 0 Å². The third kappa shape index (κ3) is 2.38. The highest BCUT2D eigenvalue weighted by Gasteiger charge is 1.99. The lowest BCUT2D eigenvalue weighted by Crippen LogP contribution is -1.94. The van der Waals surface area contributed by atoms with E-state index in [0.29, 0.717) is 0 Å². The van der Waals surface area contributed by atoms with Gasteiger partial charge in [0.25, 0.3) is 0 Å². The first-order chi connectivity index (χ1) is 6.54. The van der Waals surface area contributed by atoms with E-state index >= 15 is 0 Å². The second-order valence-corrected chi connectivity index (χ2v) is 3.91. The average Bonchev–Trinajstić information content (AvgIpc) is 2.14. The molecule has 0 saturated heterocycles. The number of nitrogens with two attached hydrogens (primary N) is 1. The van der Waals surface area contributed by atoms with Crippen LogP contribution < -0.4 is 5.73 Å². The highest BCUT2D eigenvalue weighted by Crippen LogP contribution is 2.20. The van der Waals surface area contributed by atoms with Crippen molar-refractivity contribution in [3.05, 3.63) is 34.4 Å². The van der Waals surface area contributed by atoms with Gasteiger partial charge >= 0.3 is 0 Å². The summed E-state index contributed by atoms with van der Waals surface area (Å²) in [6, 6.07) is 4.28. The molecule has 76 valence electrons. The van der Waals surface area contributed by atoms with Crippen LogP contribution in [-0.2, 0) is 0 Å². The van der Waals surface area contributed by atoms with Gasteiger partial charge < -0.3 is 5.73 Å². The number of anilines is 1. The first-order valence-electron chi connectivity index (χ1n) is 5.08. The van der Waals surface area contributed by atoms with Gasteiger partial charge in [0.05, 0.1) is 0 Å². The summed E-state index contributed by atoms with van der Waals surface area (Å²) in [4.78, 5) is 0. The summed E-state index contributed by atoms with van der Waals surface area (Å²) in [7, 11) is 0. The summed E-state index contributed by atoms with van der Waals surface area (Å²) in [6.45, 7) is 8.44. The number of hydrogen-bond donors (Lipinski definition) is 1. The van der Waals surface area contributed by atoms with E-state index < -0.39 is 0 Å². The fourth-order valence-electron chi connectivity index (χ4n) is 1.48. The van der Waals surface area contributed by atoms with Crippen molar-refractivity contribution in [1.29, 1.82) is 0 Å². The maximum absolute atomic E-state index is 5.89. The molecule has 1 nitrogen and oxygen atoms in total. The molecule has 0 atom stereocenters. The zero-order valence-corrected chi connectivity index (χ0v) is 9.52. The predicted octanol–water partition coefficient (Wildman–Crippen LogP) is 3.70. The number of nitrogen functional groups attached to an aromatic ring is 1. The Bertz CT molecular complexity index is 338. The van der Waals surface area contributed by atoms with Crippen molar-refractivity contribution in [3.63, 3.8) is 0 Å². The van der Waals surface area contributed by atoms with Crippen LogP contribution in [0.15, 0.2) is 17.7 Å². The van der Waals surface area contributed by atoms with E-state index in [1.54, 1.807) is 0 Å². The van der Waals surface area contributed by atoms with E-state index in [-0.39, 0.29) is 0 Å². The minimum absolute atomic E-state index is 0.913. The van der Waals surface area contributed by atoms with Crippen LogP contribution in [0.1, 0.15) is 37.0 Å². The molecule has 1 aromatic rings. The molecule has 0 bridgehead atoms.